The lowest BCUT2D eigenvalue weighted by molar-refractivity contribution is -0.0271. The van der Waals surface area contributed by atoms with Gasteiger partial charge in [-0.3, -0.25) is 0 Å². The monoisotopic (exact) mass is 311 g/mol. The van der Waals surface area contributed by atoms with Crippen LogP contribution in [-0.2, 0) is 10.2 Å². The van der Waals surface area contributed by atoms with E-state index < -0.39 is 0 Å². The van der Waals surface area contributed by atoms with E-state index in [9.17, 15) is 0 Å². The van der Waals surface area contributed by atoms with Gasteiger partial charge in [-0.25, -0.2) is 4.68 Å². The maximum atomic E-state index is 6.20. The number of hydrogen-bond acceptors (Lipinski definition) is 3. The molecule has 4 heteroatoms. The van der Waals surface area contributed by atoms with Crippen molar-refractivity contribution in [3.63, 3.8) is 0 Å². The maximum Gasteiger partial charge on any atom is 0.135 e. The number of nitrogens with zero attached hydrogens (tertiary/aromatic N) is 2. The molecule has 2 aromatic rings. The smallest absolute Gasteiger partial charge is 0.135 e. The second-order valence-electron chi connectivity index (χ2n) is 7.68. The summed E-state index contributed by atoms with van der Waals surface area (Å²) in [7, 11) is 0. The molecule has 2 unspecified atom stereocenters. The minimum absolute atomic E-state index is 0.00547. The zero-order chi connectivity index (χ0) is 16.0. The third-order valence-electron chi connectivity index (χ3n) is 4.89. The molecule has 0 amide bonds. The van der Waals surface area contributed by atoms with Crippen LogP contribution < -0.4 is 5.32 Å². The van der Waals surface area contributed by atoms with Crippen LogP contribution in [0.15, 0.2) is 30.3 Å². The number of nitrogens with one attached hydrogen (secondary N) is 1. The Kier molecular flexibility index (Phi) is 3.45. The molecule has 0 bridgehead atoms. The van der Waals surface area contributed by atoms with Crippen molar-refractivity contribution < 1.29 is 4.74 Å². The van der Waals surface area contributed by atoms with E-state index in [1.54, 1.807) is 0 Å². The number of hydrogen-bond donors (Lipinski definition) is 1. The molecule has 1 aromatic heterocycles. The fourth-order valence-corrected chi connectivity index (χ4v) is 3.78. The normalized spacial score (nSPS) is 23.8. The van der Waals surface area contributed by atoms with E-state index in [4.69, 9.17) is 9.84 Å². The van der Waals surface area contributed by atoms with Gasteiger partial charge in [-0.1, -0.05) is 39.0 Å². The summed E-state index contributed by atoms with van der Waals surface area (Å²) in [5.41, 5.74) is 3.52. The molecule has 0 saturated carbocycles. The first-order chi connectivity index (χ1) is 11.1. The van der Waals surface area contributed by atoms with Gasteiger partial charge in [0.2, 0.25) is 0 Å². The molecule has 4 nitrogen and oxygen atoms in total. The Labute approximate surface area is 137 Å². The lowest BCUT2D eigenvalue weighted by atomic mass is 9.81. The Hall–Kier alpha value is -1.81. The highest BCUT2D eigenvalue weighted by Gasteiger charge is 2.40. The molecule has 1 fully saturated rings. The van der Waals surface area contributed by atoms with Gasteiger partial charge in [0.25, 0.3) is 0 Å². The van der Waals surface area contributed by atoms with E-state index in [0.29, 0.717) is 5.92 Å². The van der Waals surface area contributed by atoms with Crippen molar-refractivity contribution in [1.29, 1.82) is 0 Å². The third-order valence-corrected chi connectivity index (χ3v) is 4.89. The van der Waals surface area contributed by atoms with Crippen molar-refractivity contribution in [3.05, 3.63) is 41.6 Å². The van der Waals surface area contributed by atoms with Crippen LogP contribution in [0, 0.1) is 5.92 Å². The van der Waals surface area contributed by atoms with Gasteiger partial charge in [0.05, 0.1) is 17.5 Å². The Bertz CT molecular complexity index is 699. The van der Waals surface area contributed by atoms with Gasteiger partial charge >= 0.3 is 0 Å². The largest absolute Gasteiger partial charge is 0.373 e. The van der Waals surface area contributed by atoms with E-state index in [-0.39, 0.29) is 11.5 Å². The lowest BCUT2D eigenvalue weighted by Crippen LogP contribution is -2.34. The zero-order valence-corrected chi connectivity index (χ0v) is 14.2. The number of fused-ring (bicyclic) bond motifs is 3. The van der Waals surface area contributed by atoms with Gasteiger partial charge in [-0.05, 0) is 25.0 Å². The van der Waals surface area contributed by atoms with Crippen molar-refractivity contribution in [2.45, 2.75) is 45.1 Å². The number of ether oxygens (including phenoxy) is 1. The molecular formula is C19H25N3O. The molecule has 0 radical (unpaired) electrons. The minimum Gasteiger partial charge on any atom is -0.373 e. The van der Waals surface area contributed by atoms with Gasteiger partial charge in [0, 0.05) is 30.0 Å². The first-order valence-corrected chi connectivity index (χ1v) is 8.60. The molecule has 2 atom stereocenters. The second kappa shape index (κ2) is 5.38. The first-order valence-electron chi connectivity index (χ1n) is 8.60. The molecule has 122 valence electrons. The Morgan fingerprint density at radius 3 is 2.74 bits per heavy atom. The highest BCUT2D eigenvalue weighted by atomic mass is 16.5. The number of para-hydroxylation sites is 1. The lowest BCUT2D eigenvalue weighted by Gasteiger charge is -2.37. The zero-order valence-electron chi connectivity index (χ0n) is 14.2. The highest BCUT2D eigenvalue weighted by molar-refractivity contribution is 5.58. The van der Waals surface area contributed by atoms with Gasteiger partial charge in [0.1, 0.15) is 5.82 Å². The molecule has 4 rings (SSSR count). The Morgan fingerprint density at radius 1 is 1.22 bits per heavy atom. The maximum absolute atomic E-state index is 6.20. The predicted octanol–water partition coefficient (Wildman–Crippen LogP) is 4.06. The van der Waals surface area contributed by atoms with Crippen molar-refractivity contribution >= 4 is 5.82 Å². The Balaban J connectivity index is 1.90. The van der Waals surface area contributed by atoms with E-state index in [1.807, 2.05) is 6.07 Å². The summed E-state index contributed by atoms with van der Waals surface area (Å²) in [6.07, 6.45) is 2.58. The second-order valence-corrected chi connectivity index (χ2v) is 7.68. The molecule has 1 aromatic carbocycles. The van der Waals surface area contributed by atoms with Crippen LogP contribution in [0.5, 0.6) is 0 Å². The SMILES string of the molecule is CC(C)(C)c1nn(-c2ccccc2)c2c1C1OCCCC1CN2. The van der Waals surface area contributed by atoms with Crippen LogP contribution >= 0.6 is 0 Å². The number of benzene rings is 1. The van der Waals surface area contributed by atoms with Crippen molar-refractivity contribution in [1.82, 2.24) is 9.78 Å². The molecule has 2 aliphatic heterocycles. The summed E-state index contributed by atoms with van der Waals surface area (Å²) in [4.78, 5) is 0. The van der Waals surface area contributed by atoms with Crippen molar-refractivity contribution in [2.24, 2.45) is 5.92 Å². The van der Waals surface area contributed by atoms with Crippen molar-refractivity contribution in [2.75, 3.05) is 18.5 Å². The van der Waals surface area contributed by atoms with Gasteiger partial charge in [0.15, 0.2) is 0 Å². The van der Waals surface area contributed by atoms with Crippen LogP contribution in [-0.4, -0.2) is 22.9 Å². The number of anilines is 1. The summed E-state index contributed by atoms with van der Waals surface area (Å²) in [5.74, 6) is 1.68. The van der Waals surface area contributed by atoms with Crippen molar-refractivity contribution in [3.8, 4) is 5.69 Å². The van der Waals surface area contributed by atoms with Crippen LogP contribution in [0.3, 0.4) is 0 Å². The number of rotatable bonds is 1. The standard InChI is InChI=1S/C19H25N3O/c1-19(2,3)17-15-16-13(8-7-11-23-16)12-20-18(15)22(21-17)14-9-5-4-6-10-14/h4-6,9-10,13,16,20H,7-8,11-12H2,1-3H3. The Morgan fingerprint density at radius 2 is 2.00 bits per heavy atom. The highest BCUT2D eigenvalue weighted by Crippen LogP contribution is 2.46. The number of aromatic nitrogens is 2. The fraction of sp³-hybridized carbons (Fsp3) is 0.526. The van der Waals surface area contributed by atoms with Gasteiger partial charge < -0.3 is 10.1 Å². The topological polar surface area (TPSA) is 39.1 Å². The predicted molar refractivity (Wildman–Crippen MR) is 92.2 cm³/mol. The van der Waals surface area contributed by atoms with E-state index in [0.717, 1.165) is 36.8 Å². The quantitative estimate of drug-likeness (QED) is 0.863. The van der Waals surface area contributed by atoms with E-state index in [1.165, 1.54) is 12.0 Å². The summed E-state index contributed by atoms with van der Waals surface area (Å²) in [5, 5.41) is 8.64. The molecular weight excluding hydrogens is 286 g/mol. The molecule has 0 aliphatic carbocycles. The first kappa shape index (κ1) is 14.8. The fourth-order valence-electron chi connectivity index (χ4n) is 3.78. The van der Waals surface area contributed by atoms with Crippen LogP contribution in [0.4, 0.5) is 5.82 Å². The summed E-state index contributed by atoms with van der Waals surface area (Å²) < 4.78 is 8.26. The molecule has 2 aliphatic rings. The van der Waals surface area contributed by atoms with Crippen LogP contribution in [0.2, 0.25) is 0 Å². The van der Waals surface area contributed by atoms with Gasteiger partial charge in [-0.2, -0.15) is 5.10 Å². The third kappa shape index (κ3) is 2.45. The van der Waals surface area contributed by atoms with E-state index in [2.05, 4.69) is 55.0 Å². The molecule has 3 heterocycles. The molecule has 1 saturated heterocycles. The average molecular weight is 311 g/mol. The van der Waals surface area contributed by atoms with Gasteiger partial charge in [-0.15, -0.1) is 0 Å². The summed E-state index contributed by atoms with van der Waals surface area (Å²) in [6, 6.07) is 10.4. The van der Waals surface area contributed by atoms with E-state index >= 15 is 0 Å². The van der Waals surface area contributed by atoms with Crippen LogP contribution in [0.25, 0.3) is 5.69 Å². The summed E-state index contributed by atoms with van der Waals surface area (Å²) in [6.45, 7) is 8.53. The molecule has 0 spiro atoms. The minimum atomic E-state index is -0.00547. The summed E-state index contributed by atoms with van der Waals surface area (Å²) >= 11 is 0. The van der Waals surface area contributed by atoms with Crippen LogP contribution in [0.1, 0.15) is 51.0 Å². The average Bonchev–Trinajstić information content (AvgIpc) is 2.96. The molecule has 23 heavy (non-hydrogen) atoms. The molecule has 1 N–H and O–H groups in total.